The fourth-order valence-electron chi connectivity index (χ4n) is 3.04. The molecule has 1 aliphatic rings. The first-order valence-corrected chi connectivity index (χ1v) is 8.26. The molecule has 20 heavy (non-hydrogen) atoms. The van der Waals surface area contributed by atoms with Crippen molar-refractivity contribution in [1.29, 1.82) is 0 Å². The van der Waals surface area contributed by atoms with Gasteiger partial charge in [-0.3, -0.25) is 0 Å². The Morgan fingerprint density at radius 2 is 2.00 bits per heavy atom. The molecular weight excluding hydrogens is 244 g/mol. The number of anilines is 1. The summed E-state index contributed by atoms with van der Waals surface area (Å²) in [6, 6.07) is 9.88. The fraction of sp³-hybridized carbons (Fsp3) is 0.667. The van der Waals surface area contributed by atoms with E-state index in [1.54, 1.807) is 0 Å². The first kappa shape index (κ1) is 15.4. The van der Waals surface area contributed by atoms with Crippen LogP contribution >= 0.6 is 0 Å². The van der Waals surface area contributed by atoms with E-state index in [1.165, 1.54) is 36.9 Å². The Morgan fingerprint density at radius 3 is 2.65 bits per heavy atom. The summed E-state index contributed by atoms with van der Waals surface area (Å²) in [4.78, 5) is 2.53. The SMILES string of the molecule is CCCCc1ccc(N2CCNC(CC(C)C)C2)cc1. The van der Waals surface area contributed by atoms with Gasteiger partial charge in [-0.1, -0.05) is 39.3 Å². The summed E-state index contributed by atoms with van der Waals surface area (Å²) in [5, 5.41) is 3.65. The maximum atomic E-state index is 3.65. The van der Waals surface area contributed by atoms with E-state index < -0.39 is 0 Å². The summed E-state index contributed by atoms with van der Waals surface area (Å²) in [7, 11) is 0. The molecule has 1 atom stereocenters. The molecule has 0 saturated carbocycles. The van der Waals surface area contributed by atoms with Gasteiger partial charge < -0.3 is 10.2 Å². The molecule has 1 aromatic carbocycles. The van der Waals surface area contributed by atoms with Gasteiger partial charge in [-0.25, -0.2) is 0 Å². The average molecular weight is 274 g/mol. The van der Waals surface area contributed by atoms with E-state index in [0.717, 1.165) is 25.6 Å². The van der Waals surface area contributed by atoms with E-state index in [-0.39, 0.29) is 0 Å². The molecule has 2 heteroatoms. The highest BCUT2D eigenvalue weighted by Gasteiger charge is 2.20. The lowest BCUT2D eigenvalue weighted by atomic mass is 10.0. The van der Waals surface area contributed by atoms with Crippen molar-refractivity contribution in [3.05, 3.63) is 29.8 Å². The Kier molecular flexibility index (Phi) is 5.90. The number of piperazine rings is 1. The predicted molar refractivity (Wildman–Crippen MR) is 88.5 cm³/mol. The van der Waals surface area contributed by atoms with E-state index >= 15 is 0 Å². The standard InChI is InChI=1S/C18H30N2/c1-4-5-6-16-7-9-18(10-8-16)20-12-11-19-17(14-20)13-15(2)3/h7-10,15,17,19H,4-6,11-14H2,1-3H3. The smallest absolute Gasteiger partial charge is 0.0367 e. The fourth-order valence-corrected chi connectivity index (χ4v) is 3.04. The molecule has 1 saturated heterocycles. The van der Waals surface area contributed by atoms with Crippen molar-refractivity contribution in [3.8, 4) is 0 Å². The van der Waals surface area contributed by atoms with Gasteiger partial charge in [-0.05, 0) is 42.9 Å². The molecule has 2 rings (SSSR count). The predicted octanol–water partition coefficient (Wildman–Crippen LogP) is 3.85. The topological polar surface area (TPSA) is 15.3 Å². The van der Waals surface area contributed by atoms with E-state index in [0.29, 0.717) is 6.04 Å². The minimum Gasteiger partial charge on any atom is -0.369 e. The van der Waals surface area contributed by atoms with Crippen LogP contribution < -0.4 is 10.2 Å². The van der Waals surface area contributed by atoms with Crippen molar-refractivity contribution in [2.75, 3.05) is 24.5 Å². The van der Waals surface area contributed by atoms with Crippen molar-refractivity contribution in [2.45, 2.75) is 52.5 Å². The Labute approximate surface area is 124 Å². The zero-order chi connectivity index (χ0) is 14.4. The van der Waals surface area contributed by atoms with Crippen LogP contribution in [-0.4, -0.2) is 25.7 Å². The van der Waals surface area contributed by atoms with E-state index in [4.69, 9.17) is 0 Å². The lowest BCUT2D eigenvalue weighted by Gasteiger charge is -2.36. The lowest BCUT2D eigenvalue weighted by molar-refractivity contribution is 0.388. The van der Waals surface area contributed by atoms with Gasteiger partial charge in [0.2, 0.25) is 0 Å². The summed E-state index contributed by atoms with van der Waals surface area (Å²) in [5.41, 5.74) is 2.87. The third-order valence-electron chi connectivity index (χ3n) is 4.13. The van der Waals surface area contributed by atoms with Crippen molar-refractivity contribution in [2.24, 2.45) is 5.92 Å². The summed E-state index contributed by atoms with van der Waals surface area (Å²) in [6.07, 6.45) is 5.05. The molecule has 1 fully saturated rings. The van der Waals surface area contributed by atoms with Crippen LogP contribution in [0.4, 0.5) is 5.69 Å². The third kappa shape index (κ3) is 4.52. The number of unbranched alkanes of at least 4 members (excludes halogenated alkanes) is 1. The molecule has 1 N–H and O–H groups in total. The molecular formula is C18H30N2. The highest BCUT2D eigenvalue weighted by Crippen LogP contribution is 2.19. The first-order valence-electron chi connectivity index (χ1n) is 8.26. The number of hydrogen-bond acceptors (Lipinski definition) is 2. The van der Waals surface area contributed by atoms with Gasteiger partial charge in [-0.15, -0.1) is 0 Å². The van der Waals surface area contributed by atoms with Crippen LogP contribution in [0, 0.1) is 5.92 Å². The Morgan fingerprint density at radius 1 is 1.25 bits per heavy atom. The van der Waals surface area contributed by atoms with Crippen molar-refractivity contribution in [1.82, 2.24) is 5.32 Å². The normalized spacial score (nSPS) is 19.6. The molecule has 0 bridgehead atoms. The van der Waals surface area contributed by atoms with Crippen LogP contribution in [0.25, 0.3) is 0 Å². The molecule has 2 nitrogen and oxygen atoms in total. The average Bonchev–Trinajstić information content (AvgIpc) is 2.45. The molecule has 1 unspecified atom stereocenters. The molecule has 0 aromatic heterocycles. The highest BCUT2D eigenvalue weighted by molar-refractivity contribution is 5.48. The summed E-state index contributed by atoms with van der Waals surface area (Å²) >= 11 is 0. The van der Waals surface area contributed by atoms with Gasteiger partial charge in [0.05, 0.1) is 0 Å². The van der Waals surface area contributed by atoms with Crippen LogP contribution in [0.3, 0.4) is 0 Å². The zero-order valence-corrected chi connectivity index (χ0v) is 13.4. The monoisotopic (exact) mass is 274 g/mol. The summed E-state index contributed by atoms with van der Waals surface area (Å²) < 4.78 is 0. The van der Waals surface area contributed by atoms with Gasteiger partial charge in [-0.2, -0.15) is 0 Å². The second kappa shape index (κ2) is 7.68. The molecule has 0 aliphatic carbocycles. The lowest BCUT2D eigenvalue weighted by Crippen LogP contribution is -2.51. The van der Waals surface area contributed by atoms with Gasteiger partial charge in [0, 0.05) is 31.4 Å². The van der Waals surface area contributed by atoms with Gasteiger partial charge in [0.15, 0.2) is 0 Å². The maximum absolute atomic E-state index is 3.65. The number of nitrogens with zero attached hydrogens (tertiary/aromatic N) is 1. The first-order chi connectivity index (χ1) is 9.69. The maximum Gasteiger partial charge on any atom is 0.0367 e. The number of aryl methyl sites for hydroxylation is 1. The Hall–Kier alpha value is -1.02. The number of rotatable bonds is 6. The molecule has 112 valence electrons. The van der Waals surface area contributed by atoms with Gasteiger partial charge in [0.25, 0.3) is 0 Å². The van der Waals surface area contributed by atoms with Crippen LogP contribution in [0.15, 0.2) is 24.3 Å². The van der Waals surface area contributed by atoms with Crippen molar-refractivity contribution < 1.29 is 0 Å². The van der Waals surface area contributed by atoms with E-state index in [1.807, 2.05) is 0 Å². The summed E-state index contributed by atoms with van der Waals surface area (Å²) in [5.74, 6) is 0.767. The number of nitrogens with one attached hydrogen (secondary N) is 1. The van der Waals surface area contributed by atoms with E-state index in [9.17, 15) is 0 Å². The Balaban J connectivity index is 1.93. The second-order valence-electron chi connectivity index (χ2n) is 6.50. The van der Waals surface area contributed by atoms with E-state index in [2.05, 4.69) is 55.3 Å². The molecule has 0 radical (unpaired) electrons. The van der Waals surface area contributed by atoms with Gasteiger partial charge in [0.1, 0.15) is 0 Å². The van der Waals surface area contributed by atoms with Crippen LogP contribution in [0.1, 0.15) is 45.6 Å². The highest BCUT2D eigenvalue weighted by atomic mass is 15.2. The zero-order valence-electron chi connectivity index (χ0n) is 13.4. The van der Waals surface area contributed by atoms with Crippen molar-refractivity contribution >= 4 is 5.69 Å². The molecule has 0 spiro atoms. The minimum absolute atomic E-state index is 0.642. The number of hydrogen-bond donors (Lipinski definition) is 1. The molecule has 1 heterocycles. The van der Waals surface area contributed by atoms with Crippen molar-refractivity contribution in [3.63, 3.8) is 0 Å². The Bertz CT molecular complexity index is 383. The summed E-state index contributed by atoms with van der Waals surface area (Å²) in [6.45, 7) is 10.3. The van der Waals surface area contributed by atoms with Crippen LogP contribution in [0.5, 0.6) is 0 Å². The molecule has 0 amide bonds. The third-order valence-corrected chi connectivity index (χ3v) is 4.13. The molecule has 1 aromatic rings. The second-order valence-corrected chi connectivity index (χ2v) is 6.50. The molecule has 1 aliphatic heterocycles. The van der Waals surface area contributed by atoms with Gasteiger partial charge >= 0.3 is 0 Å². The largest absolute Gasteiger partial charge is 0.369 e. The van der Waals surface area contributed by atoms with Crippen LogP contribution in [-0.2, 0) is 6.42 Å². The quantitative estimate of drug-likeness (QED) is 0.847. The minimum atomic E-state index is 0.642. The van der Waals surface area contributed by atoms with Crippen LogP contribution in [0.2, 0.25) is 0 Å². The number of benzene rings is 1.